The molecule has 2 rings (SSSR count). The molecule has 2 heteroatoms. The Bertz CT molecular complexity index is 532. The van der Waals surface area contributed by atoms with Gasteiger partial charge >= 0.3 is 0 Å². The number of aryl methyl sites for hydroxylation is 1. The molecule has 2 nitrogen and oxygen atoms in total. The topological polar surface area (TPSA) is 21.3 Å². The molecule has 0 amide bonds. The van der Waals surface area contributed by atoms with Crippen LogP contribution in [0.4, 0.5) is 0 Å². The average molecular weight is 255 g/mol. The highest BCUT2D eigenvalue weighted by Gasteiger charge is 2.07. The number of benzene rings is 2. The predicted molar refractivity (Wildman–Crippen MR) is 79.8 cm³/mol. The summed E-state index contributed by atoms with van der Waals surface area (Å²) in [7, 11) is 1.99. The molecule has 2 aromatic rings. The molecule has 0 heterocycles. The summed E-state index contributed by atoms with van der Waals surface area (Å²) >= 11 is 0. The van der Waals surface area contributed by atoms with E-state index in [1.807, 2.05) is 37.4 Å². The molecule has 0 aliphatic carbocycles. The van der Waals surface area contributed by atoms with Crippen molar-refractivity contribution in [1.29, 1.82) is 0 Å². The molecule has 0 fully saturated rings. The molecule has 2 aromatic carbocycles. The monoisotopic (exact) mass is 255 g/mol. The summed E-state index contributed by atoms with van der Waals surface area (Å²) in [6.07, 6.45) is 1.06. The van der Waals surface area contributed by atoms with E-state index in [1.54, 1.807) is 0 Å². The summed E-state index contributed by atoms with van der Waals surface area (Å²) in [6, 6.07) is 16.8. The van der Waals surface area contributed by atoms with Gasteiger partial charge in [0.2, 0.25) is 0 Å². The van der Waals surface area contributed by atoms with Crippen molar-refractivity contribution in [1.82, 2.24) is 5.32 Å². The van der Waals surface area contributed by atoms with Crippen molar-refractivity contribution in [2.75, 3.05) is 7.05 Å². The lowest BCUT2D eigenvalue weighted by atomic mass is 10.0. The second-order valence-electron chi connectivity index (χ2n) is 4.74. The van der Waals surface area contributed by atoms with Crippen molar-refractivity contribution in [3.8, 4) is 11.5 Å². The van der Waals surface area contributed by atoms with E-state index in [-0.39, 0.29) is 0 Å². The Morgan fingerprint density at radius 3 is 2.37 bits per heavy atom. The number of hydrogen-bond acceptors (Lipinski definition) is 2. The molecule has 0 aromatic heterocycles. The maximum Gasteiger partial charge on any atom is 0.127 e. The van der Waals surface area contributed by atoms with Crippen LogP contribution in [0.25, 0.3) is 0 Å². The molecule has 100 valence electrons. The van der Waals surface area contributed by atoms with Crippen LogP contribution in [0, 0.1) is 6.92 Å². The summed E-state index contributed by atoms with van der Waals surface area (Å²) < 4.78 is 5.91. The highest BCUT2D eigenvalue weighted by Crippen LogP contribution is 2.26. The van der Waals surface area contributed by atoms with Crippen LogP contribution in [-0.4, -0.2) is 7.05 Å². The van der Waals surface area contributed by atoms with Crippen LogP contribution in [0.15, 0.2) is 48.5 Å². The van der Waals surface area contributed by atoms with Gasteiger partial charge in [-0.3, -0.25) is 0 Å². The molecule has 19 heavy (non-hydrogen) atoms. The third kappa shape index (κ3) is 3.58. The van der Waals surface area contributed by atoms with Gasteiger partial charge in [-0.15, -0.1) is 0 Å². The minimum Gasteiger partial charge on any atom is -0.457 e. The molecule has 1 unspecified atom stereocenters. The molecule has 0 bridgehead atoms. The fourth-order valence-electron chi connectivity index (χ4n) is 2.22. The van der Waals surface area contributed by atoms with Crippen molar-refractivity contribution >= 4 is 0 Å². The lowest BCUT2D eigenvalue weighted by Crippen LogP contribution is -2.14. The van der Waals surface area contributed by atoms with Crippen LogP contribution in [0.5, 0.6) is 11.5 Å². The third-order valence-corrected chi connectivity index (χ3v) is 3.24. The maximum atomic E-state index is 5.91. The van der Waals surface area contributed by atoms with Crippen molar-refractivity contribution in [3.05, 3.63) is 59.7 Å². The lowest BCUT2D eigenvalue weighted by molar-refractivity contribution is 0.479. The molecule has 1 atom stereocenters. The van der Waals surface area contributed by atoms with Crippen LogP contribution in [0.1, 0.15) is 30.5 Å². The zero-order valence-electron chi connectivity index (χ0n) is 11.8. The van der Waals surface area contributed by atoms with Gasteiger partial charge in [0.25, 0.3) is 0 Å². The number of nitrogens with one attached hydrogen (secondary N) is 1. The summed E-state index contributed by atoms with van der Waals surface area (Å²) in [6.45, 7) is 4.24. The van der Waals surface area contributed by atoms with E-state index in [0.717, 1.165) is 17.9 Å². The van der Waals surface area contributed by atoms with Gasteiger partial charge in [-0.1, -0.05) is 31.2 Å². The minimum atomic E-state index is 0.376. The van der Waals surface area contributed by atoms with E-state index in [1.165, 1.54) is 11.1 Å². The van der Waals surface area contributed by atoms with E-state index in [0.29, 0.717) is 6.04 Å². The largest absolute Gasteiger partial charge is 0.457 e. The highest BCUT2D eigenvalue weighted by molar-refractivity contribution is 5.36. The van der Waals surface area contributed by atoms with E-state index in [4.69, 9.17) is 4.74 Å². The van der Waals surface area contributed by atoms with E-state index < -0.39 is 0 Å². The fraction of sp³-hybridized carbons (Fsp3) is 0.294. The highest BCUT2D eigenvalue weighted by atomic mass is 16.5. The average Bonchev–Trinajstić information content (AvgIpc) is 2.41. The molecule has 0 spiro atoms. The van der Waals surface area contributed by atoms with Crippen LogP contribution < -0.4 is 10.1 Å². The molecule has 1 N–H and O–H groups in total. The summed E-state index contributed by atoms with van der Waals surface area (Å²) in [4.78, 5) is 0. The van der Waals surface area contributed by atoms with E-state index in [9.17, 15) is 0 Å². The fourth-order valence-corrected chi connectivity index (χ4v) is 2.22. The van der Waals surface area contributed by atoms with Crippen molar-refractivity contribution in [2.24, 2.45) is 0 Å². The van der Waals surface area contributed by atoms with Gasteiger partial charge in [0.15, 0.2) is 0 Å². The molecule has 0 aliphatic rings. The smallest absolute Gasteiger partial charge is 0.127 e. The van der Waals surface area contributed by atoms with Crippen LogP contribution in [0.3, 0.4) is 0 Å². The zero-order valence-corrected chi connectivity index (χ0v) is 11.8. The Hall–Kier alpha value is -1.80. The molecule has 0 saturated carbocycles. The third-order valence-electron chi connectivity index (χ3n) is 3.24. The second-order valence-corrected chi connectivity index (χ2v) is 4.74. The van der Waals surface area contributed by atoms with Crippen molar-refractivity contribution < 1.29 is 4.74 Å². The Morgan fingerprint density at radius 1 is 1.05 bits per heavy atom. The first-order valence-electron chi connectivity index (χ1n) is 6.74. The van der Waals surface area contributed by atoms with Gasteiger partial charge in [0.05, 0.1) is 0 Å². The lowest BCUT2D eigenvalue weighted by Gasteiger charge is -2.15. The first-order chi connectivity index (χ1) is 9.22. The molecule has 0 saturated heterocycles. The number of ether oxygens (including phenoxy) is 1. The Labute approximate surface area is 115 Å². The van der Waals surface area contributed by atoms with Gasteiger partial charge in [-0.2, -0.15) is 0 Å². The Morgan fingerprint density at radius 2 is 1.74 bits per heavy atom. The summed E-state index contributed by atoms with van der Waals surface area (Å²) in [5.74, 6) is 1.77. The first kappa shape index (κ1) is 13.6. The van der Waals surface area contributed by atoms with Gasteiger partial charge in [-0.05, 0) is 55.8 Å². The Balaban J connectivity index is 2.19. The molecule has 0 aliphatic heterocycles. The standard InChI is InChI=1S/C17H21NO/c1-4-17(18-3)14-8-6-10-16(12-14)19-15-9-5-7-13(2)11-15/h5-12,17-18H,4H2,1-3H3. The van der Waals surface area contributed by atoms with Gasteiger partial charge < -0.3 is 10.1 Å². The van der Waals surface area contributed by atoms with Crippen LogP contribution in [0.2, 0.25) is 0 Å². The summed E-state index contributed by atoms with van der Waals surface area (Å²) in [5, 5.41) is 3.31. The summed E-state index contributed by atoms with van der Waals surface area (Å²) in [5.41, 5.74) is 2.46. The molecule has 0 radical (unpaired) electrons. The predicted octanol–water partition coefficient (Wildman–Crippen LogP) is 4.46. The van der Waals surface area contributed by atoms with Crippen molar-refractivity contribution in [2.45, 2.75) is 26.3 Å². The number of hydrogen-bond donors (Lipinski definition) is 1. The molecular weight excluding hydrogens is 234 g/mol. The first-order valence-corrected chi connectivity index (χ1v) is 6.74. The zero-order chi connectivity index (χ0) is 13.7. The van der Waals surface area contributed by atoms with E-state index >= 15 is 0 Å². The minimum absolute atomic E-state index is 0.376. The van der Waals surface area contributed by atoms with E-state index in [2.05, 4.69) is 37.4 Å². The Kier molecular flexibility index (Phi) is 4.58. The van der Waals surface area contributed by atoms with Crippen LogP contribution >= 0.6 is 0 Å². The number of rotatable bonds is 5. The normalized spacial score (nSPS) is 12.2. The van der Waals surface area contributed by atoms with Gasteiger partial charge in [-0.25, -0.2) is 0 Å². The molecular formula is C17H21NO. The maximum absolute atomic E-state index is 5.91. The quantitative estimate of drug-likeness (QED) is 0.851. The van der Waals surface area contributed by atoms with Crippen molar-refractivity contribution in [3.63, 3.8) is 0 Å². The van der Waals surface area contributed by atoms with Crippen LogP contribution in [-0.2, 0) is 0 Å². The van der Waals surface area contributed by atoms with Gasteiger partial charge in [0, 0.05) is 6.04 Å². The van der Waals surface area contributed by atoms with Gasteiger partial charge in [0.1, 0.15) is 11.5 Å². The second kappa shape index (κ2) is 6.39. The SMILES string of the molecule is CCC(NC)c1cccc(Oc2cccc(C)c2)c1.